The molecule has 2 aromatic rings. The van der Waals surface area contributed by atoms with Crippen molar-refractivity contribution in [2.75, 3.05) is 0 Å². The van der Waals surface area contributed by atoms with Crippen molar-refractivity contribution in [1.29, 1.82) is 0 Å². The maximum atomic E-state index is 12.2. The van der Waals surface area contributed by atoms with Gasteiger partial charge in [0, 0.05) is 18.1 Å². The highest BCUT2D eigenvalue weighted by atomic mass is 32.2. The van der Waals surface area contributed by atoms with Gasteiger partial charge >= 0.3 is 0 Å². The van der Waals surface area contributed by atoms with Crippen LogP contribution in [-0.2, 0) is 5.75 Å². The standard InChI is InChI=1S/C9H8F2N4S/c10-7(11)8-13-9(15-14-8)16-5-6-2-1-3-12-4-6/h1-4,7H,5H2,(H,13,14,15). The maximum absolute atomic E-state index is 12.2. The van der Waals surface area contributed by atoms with E-state index in [9.17, 15) is 8.78 Å². The van der Waals surface area contributed by atoms with Crippen LogP contribution in [0.15, 0.2) is 29.7 Å². The first-order valence-electron chi connectivity index (χ1n) is 4.48. The lowest BCUT2D eigenvalue weighted by molar-refractivity contribution is 0.140. The number of pyridine rings is 1. The molecule has 7 heteroatoms. The summed E-state index contributed by atoms with van der Waals surface area (Å²) in [5, 5.41) is 6.19. The highest BCUT2D eigenvalue weighted by molar-refractivity contribution is 7.98. The first-order valence-corrected chi connectivity index (χ1v) is 5.46. The number of H-pyrrole nitrogens is 1. The van der Waals surface area contributed by atoms with Gasteiger partial charge in [-0.15, -0.1) is 5.10 Å². The van der Waals surface area contributed by atoms with Crippen molar-refractivity contribution < 1.29 is 8.78 Å². The smallest absolute Gasteiger partial charge is 0.264 e. The Kier molecular flexibility index (Phi) is 3.45. The Balaban J connectivity index is 1.95. The van der Waals surface area contributed by atoms with Gasteiger partial charge in [-0.1, -0.05) is 17.8 Å². The normalized spacial score (nSPS) is 10.9. The fourth-order valence-corrected chi connectivity index (χ4v) is 1.79. The second-order valence-corrected chi connectivity index (χ2v) is 3.90. The van der Waals surface area contributed by atoms with Crippen molar-refractivity contribution in [3.63, 3.8) is 0 Å². The third-order valence-corrected chi connectivity index (χ3v) is 2.70. The molecule has 0 saturated carbocycles. The van der Waals surface area contributed by atoms with Gasteiger partial charge in [-0.25, -0.2) is 13.8 Å². The Morgan fingerprint density at radius 2 is 2.31 bits per heavy atom. The van der Waals surface area contributed by atoms with Crippen LogP contribution in [0.1, 0.15) is 17.8 Å². The van der Waals surface area contributed by atoms with Crippen molar-refractivity contribution in [3.8, 4) is 0 Å². The van der Waals surface area contributed by atoms with E-state index in [0.29, 0.717) is 10.9 Å². The summed E-state index contributed by atoms with van der Waals surface area (Å²) in [5.41, 5.74) is 0.996. The molecular weight excluding hydrogens is 234 g/mol. The third-order valence-electron chi connectivity index (χ3n) is 1.78. The van der Waals surface area contributed by atoms with Crippen LogP contribution in [-0.4, -0.2) is 20.2 Å². The van der Waals surface area contributed by atoms with E-state index in [2.05, 4.69) is 20.2 Å². The summed E-state index contributed by atoms with van der Waals surface area (Å²) in [4.78, 5) is 7.60. The van der Waals surface area contributed by atoms with Crippen LogP contribution < -0.4 is 0 Å². The fourth-order valence-electron chi connectivity index (χ4n) is 1.05. The third kappa shape index (κ3) is 2.75. The Bertz CT molecular complexity index is 446. The Labute approximate surface area is 94.5 Å². The number of alkyl halides is 2. The second-order valence-electron chi connectivity index (χ2n) is 2.95. The van der Waals surface area contributed by atoms with Crippen molar-refractivity contribution in [3.05, 3.63) is 35.9 Å². The number of hydrogen-bond acceptors (Lipinski definition) is 4. The molecule has 1 N–H and O–H groups in total. The first-order chi connectivity index (χ1) is 7.75. The molecule has 0 aliphatic carbocycles. The lowest BCUT2D eigenvalue weighted by atomic mass is 10.3. The van der Waals surface area contributed by atoms with Crippen LogP contribution in [0.2, 0.25) is 0 Å². The summed E-state index contributed by atoms with van der Waals surface area (Å²) in [6.07, 6.45) is 0.782. The van der Waals surface area contributed by atoms with Crippen LogP contribution >= 0.6 is 11.8 Å². The molecule has 0 aliphatic rings. The molecular formula is C9H8F2N4S. The molecule has 0 unspecified atom stereocenters. The van der Waals surface area contributed by atoms with Gasteiger partial charge in [0.25, 0.3) is 6.43 Å². The molecule has 0 amide bonds. The van der Waals surface area contributed by atoms with E-state index in [-0.39, 0.29) is 0 Å². The molecule has 0 bridgehead atoms. The number of nitrogens with zero attached hydrogens (tertiary/aromatic N) is 3. The van der Waals surface area contributed by atoms with Gasteiger partial charge in [-0.05, 0) is 11.6 Å². The zero-order valence-electron chi connectivity index (χ0n) is 8.10. The minimum absolute atomic E-state index is 0.319. The summed E-state index contributed by atoms with van der Waals surface area (Å²) < 4.78 is 24.4. The molecule has 2 heterocycles. The van der Waals surface area contributed by atoms with Crippen molar-refractivity contribution >= 4 is 11.8 Å². The number of rotatable bonds is 4. The molecule has 2 aromatic heterocycles. The molecule has 0 aromatic carbocycles. The van der Waals surface area contributed by atoms with E-state index in [0.717, 1.165) is 5.56 Å². The average molecular weight is 242 g/mol. The highest BCUT2D eigenvalue weighted by Crippen LogP contribution is 2.21. The average Bonchev–Trinajstić information content (AvgIpc) is 2.76. The van der Waals surface area contributed by atoms with E-state index in [1.54, 1.807) is 12.4 Å². The maximum Gasteiger partial charge on any atom is 0.296 e. The van der Waals surface area contributed by atoms with Gasteiger partial charge in [-0.3, -0.25) is 10.1 Å². The fraction of sp³-hybridized carbons (Fsp3) is 0.222. The number of halogens is 2. The van der Waals surface area contributed by atoms with Gasteiger partial charge in [0.15, 0.2) is 5.82 Å². The summed E-state index contributed by atoms with van der Waals surface area (Å²) in [6, 6.07) is 3.72. The lowest BCUT2D eigenvalue weighted by Crippen LogP contribution is -1.86. The van der Waals surface area contributed by atoms with Gasteiger partial charge < -0.3 is 0 Å². The van der Waals surface area contributed by atoms with Crippen LogP contribution in [0.25, 0.3) is 0 Å². The summed E-state index contributed by atoms with van der Waals surface area (Å²) in [7, 11) is 0. The molecule has 0 saturated heterocycles. The SMILES string of the molecule is FC(F)c1nc(SCc2cccnc2)n[nH]1. The summed E-state index contributed by atoms with van der Waals surface area (Å²) >= 11 is 1.28. The Morgan fingerprint density at radius 3 is 2.94 bits per heavy atom. The number of aromatic amines is 1. The quantitative estimate of drug-likeness (QED) is 0.836. The van der Waals surface area contributed by atoms with Gasteiger partial charge in [-0.2, -0.15) is 0 Å². The first kappa shape index (κ1) is 11.0. The van der Waals surface area contributed by atoms with Crippen LogP contribution in [0.4, 0.5) is 8.78 Å². The van der Waals surface area contributed by atoms with Crippen molar-refractivity contribution in [2.45, 2.75) is 17.3 Å². The monoisotopic (exact) mass is 242 g/mol. The molecule has 0 aliphatic heterocycles. The van der Waals surface area contributed by atoms with Gasteiger partial charge in [0.2, 0.25) is 5.16 Å². The van der Waals surface area contributed by atoms with Gasteiger partial charge in [0.1, 0.15) is 0 Å². The van der Waals surface area contributed by atoms with Crippen molar-refractivity contribution in [1.82, 2.24) is 20.2 Å². The summed E-state index contributed by atoms with van der Waals surface area (Å²) in [5.74, 6) is 0.211. The molecule has 16 heavy (non-hydrogen) atoms. The number of nitrogens with one attached hydrogen (secondary N) is 1. The highest BCUT2D eigenvalue weighted by Gasteiger charge is 2.12. The van der Waals surface area contributed by atoms with E-state index in [1.807, 2.05) is 12.1 Å². The topological polar surface area (TPSA) is 54.5 Å². The lowest BCUT2D eigenvalue weighted by Gasteiger charge is -1.95. The van der Waals surface area contributed by atoms with E-state index >= 15 is 0 Å². The molecule has 0 spiro atoms. The molecule has 0 fully saturated rings. The van der Waals surface area contributed by atoms with Crippen LogP contribution in [0.5, 0.6) is 0 Å². The van der Waals surface area contributed by atoms with E-state index < -0.39 is 12.2 Å². The molecule has 2 rings (SSSR count). The van der Waals surface area contributed by atoms with E-state index in [1.165, 1.54) is 11.8 Å². The van der Waals surface area contributed by atoms with Crippen LogP contribution in [0, 0.1) is 0 Å². The second kappa shape index (κ2) is 5.02. The van der Waals surface area contributed by atoms with Crippen molar-refractivity contribution in [2.24, 2.45) is 0 Å². The molecule has 4 nitrogen and oxygen atoms in total. The molecule has 0 atom stereocenters. The molecule has 0 radical (unpaired) electrons. The molecule has 84 valence electrons. The number of hydrogen-bond donors (Lipinski definition) is 1. The predicted molar refractivity (Wildman–Crippen MR) is 55.1 cm³/mol. The zero-order chi connectivity index (χ0) is 11.4. The number of thioether (sulfide) groups is 1. The Hall–Kier alpha value is -1.50. The number of aromatic nitrogens is 4. The minimum atomic E-state index is -2.61. The minimum Gasteiger partial charge on any atom is -0.264 e. The largest absolute Gasteiger partial charge is 0.296 e. The van der Waals surface area contributed by atoms with E-state index in [4.69, 9.17) is 0 Å². The predicted octanol–water partition coefficient (Wildman–Crippen LogP) is 2.43. The van der Waals surface area contributed by atoms with Crippen LogP contribution in [0.3, 0.4) is 0 Å². The zero-order valence-corrected chi connectivity index (χ0v) is 8.92. The Morgan fingerprint density at radius 1 is 1.44 bits per heavy atom. The summed E-state index contributed by atoms with van der Waals surface area (Å²) in [6.45, 7) is 0. The van der Waals surface area contributed by atoms with Gasteiger partial charge in [0.05, 0.1) is 0 Å².